The van der Waals surface area contributed by atoms with Crippen LogP contribution in [0.15, 0.2) is 23.1 Å². The molecule has 9 nitrogen and oxygen atoms in total. The third-order valence-electron chi connectivity index (χ3n) is 3.36. The first-order valence-electron chi connectivity index (χ1n) is 7.82. The zero-order valence-corrected chi connectivity index (χ0v) is 15.9. The normalized spacial score (nSPS) is 12.6. The Kier molecular flexibility index (Phi) is 5.33. The van der Waals surface area contributed by atoms with Crippen LogP contribution in [0.25, 0.3) is 11.0 Å². The van der Waals surface area contributed by atoms with E-state index in [1.165, 1.54) is 26.2 Å². The molecule has 0 saturated carbocycles. The van der Waals surface area contributed by atoms with E-state index in [0.717, 1.165) is 4.31 Å². The van der Waals surface area contributed by atoms with Crippen molar-refractivity contribution in [3.8, 4) is 0 Å². The Morgan fingerprint density at radius 1 is 1.28 bits per heavy atom. The molecule has 10 heteroatoms. The molecule has 0 unspecified atom stereocenters. The number of carbonyl (C=O) groups excluding carboxylic acids is 1. The highest BCUT2D eigenvalue weighted by molar-refractivity contribution is 7.89. The zero-order valence-electron chi connectivity index (χ0n) is 15.1. The van der Waals surface area contributed by atoms with Gasteiger partial charge in [-0.2, -0.15) is 0 Å². The smallest absolute Gasteiger partial charge is 0.315 e. The van der Waals surface area contributed by atoms with E-state index >= 15 is 0 Å². The van der Waals surface area contributed by atoms with Crippen LogP contribution in [0.3, 0.4) is 0 Å². The van der Waals surface area contributed by atoms with E-state index in [1.807, 2.05) is 20.8 Å². The van der Waals surface area contributed by atoms with Gasteiger partial charge in [0.15, 0.2) is 0 Å². The Labute approximate surface area is 147 Å². The summed E-state index contributed by atoms with van der Waals surface area (Å²) in [5.41, 5.74) is 0.885. The standard InChI is InChI=1S/C15H24N6O3S/c1-15(2,3)17-14(22)16-8-9-21-13-7-6-11(10-12(13)18-19-21)25(23,24)20(4)5/h6-7,10H,8-9H2,1-5H3,(H2,16,17,22). The molecule has 0 aliphatic heterocycles. The number of amides is 2. The van der Waals surface area contributed by atoms with Crippen LogP contribution < -0.4 is 10.6 Å². The van der Waals surface area contributed by atoms with E-state index in [2.05, 4.69) is 20.9 Å². The zero-order chi connectivity index (χ0) is 18.8. The molecule has 0 fully saturated rings. The summed E-state index contributed by atoms with van der Waals surface area (Å²) in [6.45, 7) is 6.50. The fourth-order valence-electron chi connectivity index (χ4n) is 2.15. The summed E-state index contributed by atoms with van der Waals surface area (Å²) < 4.78 is 27.1. The van der Waals surface area contributed by atoms with E-state index in [0.29, 0.717) is 24.1 Å². The highest BCUT2D eigenvalue weighted by Gasteiger charge is 2.19. The molecule has 0 spiro atoms. The first kappa shape index (κ1) is 19.1. The largest absolute Gasteiger partial charge is 0.336 e. The summed E-state index contributed by atoms with van der Waals surface area (Å²) in [5, 5.41) is 13.6. The van der Waals surface area contributed by atoms with Crippen LogP contribution in [0.5, 0.6) is 0 Å². The number of nitrogens with zero attached hydrogens (tertiary/aromatic N) is 4. The number of fused-ring (bicyclic) bond motifs is 1. The van der Waals surface area contributed by atoms with Gasteiger partial charge >= 0.3 is 6.03 Å². The van der Waals surface area contributed by atoms with Gasteiger partial charge in [0.1, 0.15) is 5.52 Å². The lowest BCUT2D eigenvalue weighted by Crippen LogP contribution is -2.47. The molecule has 0 aliphatic carbocycles. The Morgan fingerprint density at radius 2 is 1.96 bits per heavy atom. The minimum atomic E-state index is -3.51. The first-order valence-corrected chi connectivity index (χ1v) is 9.26. The van der Waals surface area contributed by atoms with E-state index in [9.17, 15) is 13.2 Å². The molecule has 0 bridgehead atoms. The van der Waals surface area contributed by atoms with Crippen molar-refractivity contribution >= 4 is 27.1 Å². The van der Waals surface area contributed by atoms with Crippen LogP contribution in [0, 0.1) is 0 Å². The number of hydrogen-bond acceptors (Lipinski definition) is 5. The molecule has 0 saturated heterocycles. The molecule has 25 heavy (non-hydrogen) atoms. The Morgan fingerprint density at radius 3 is 2.56 bits per heavy atom. The SMILES string of the molecule is CN(C)S(=O)(=O)c1ccc2c(c1)nnn2CCNC(=O)NC(C)(C)C. The van der Waals surface area contributed by atoms with Gasteiger partial charge in [-0.25, -0.2) is 22.2 Å². The van der Waals surface area contributed by atoms with Crippen LogP contribution in [0.2, 0.25) is 0 Å². The van der Waals surface area contributed by atoms with Crippen molar-refractivity contribution in [1.29, 1.82) is 0 Å². The van der Waals surface area contributed by atoms with Crippen LogP contribution in [-0.4, -0.2) is 59.9 Å². The van der Waals surface area contributed by atoms with E-state index < -0.39 is 10.0 Å². The fourth-order valence-corrected chi connectivity index (χ4v) is 3.07. The van der Waals surface area contributed by atoms with Gasteiger partial charge in [0.05, 0.1) is 17.0 Å². The molecule has 0 radical (unpaired) electrons. The van der Waals surface area contributed by atoms with Gasteiger partial charge in [-0.3, -0.25) is 0 Å². The number of carbonyl (C=O) groups is 1. The quantitative estimate of drug-likeness (QED) is 0.810. The highest BCUT2D eigenvalue weighted by Crippen LogP contribution is 2.19. The molecule has 1 aromatic carbocycles. The molecule has 1 aromatic heterocycles. The molecule has 0 aliphatic rings. The second-order valence-corrected chi connectivity index (χ2v) is 9.03. The maximum absolute atomic E-state index is 12.2. The number of aromatic nitrogens is 3. The van der Waals surface area contributed by atoms with Crippen molar-refractivity contribution in [2.45, 2.75) is 37.8 Å². The lowest BCUT2D eigenvalue weighted by Gasteiger charge is -2.20. The topological polar surface area (TPSA) is 109 Å². The number of rotatable bonds is 5. The third kappa shape index (κ3) is 4.67. The summed E-state index contributed by atoms with van der Waals surface area (Å²) >= 11 is 0. The Bertz CT molecular complexity index is 867. The van der Waals surface area contributed by atoms with E-state index in [1.54, 1.807) is 10.7 Å². The number of benzene rings is 1. The average molecular weight is 368 g/mol. The van der Waals surface area contributed by atoms with Gasteiger partial charge in [0.25, 0.3) is 0 Å². The summed E-state index contributed by atoms with van der Waals surface area (Å²) in [7, 11) is -0.560. The summed E-state index contributed by atoms with van der Waals surface area (Å²) in [4.78, 5) is 11.9. The van der Waals surface area contributed by atoms with Crippen LogP contribution >= 0.6 is 0 Å². The molecule has 2 rings (SSSR count). The molecular formula is C15H24N6O3S. The predicted molar refractivity (Wildman–Crippen MR) is 94.7 cm³/mol. The molecule has 138 valence electrons. The van der Waals surface area contributed by atoms with Crippen molar-refractivity contribution in [2.75, 3.05) is 20.6 Å². The number of sulfonamides is 1. The van der Waals surface area contributed by atoms with Crippen LogP contribution in [-0.2, 0) is 16.6 Å². The van der Waals surface area contributed by atoms with Gasteiger partial charge in [-0.1, -0.05) is 5.21 Å². The number of urea groups is 1. The average Bonchev–Trinajstić information content (AvgIpc) is 2.87. The van der Waals surface area contributed by atoms with E-state index in [-0.39, 0.29) is 16.5 Å². The molecule has 0 atom stereocenters. The van der Waals surface area contributed by atoms with Gasteiger partial charge in [-0.15, -0.1) is 5.10 Å². The fraction of sp³-hybridized carbons (Fsp3) is 0.533. The number of hydrogen-bond donors (Lipinski definition) is 2. The second kappa shape index (κ2) is 6.96. The summed E-state index contributed by atoms with van der Waals surface area (Å²) in [5.74, 6) is 0. The van der Waals surface area contributed by atoms with Gasteiger partial charge in [0.2, 0.25) is 10.0 Å². The second-order valence-electron chi connectivity index (χ2n) is 6.88. The third-order valence-corrected chi connectivity index (χ3v) is 5.17. The van der Waals surface area contributed by atoms with Crippen molar-refractivity contribution < 1.29 is 13.2 Å². The molecule has 1 heterocycles. The summed E-state index contributed by atoms with van der Waals surface area (Å²) in [6.07, 6.45) is 0. The van der Waals surface area contributed by atoms with Gasteiger partial charge < -0.3 is 10.6 Å². The maximum Gasteiger partial charge on any atom is 0.315 e. The minimum absolute atomic E-state index is 0.166. The van der Waals surface area contributed by atoms with Crippen molar-refractivity contribution in [3.63, 3.8) is 0 Å². The maximum atomic E-state index is 12.2. The van der Waals surface area contributed by atoms with Gasteiger partial charge in [0, 0.05) is 26.2 Å². The minimum Gasteiger partial charge on any atom is -0.336 e. The lowest BCUT2D eigenvalue weighted by molar-refractivity contribution is 0.231. The van der Waals surface area contributed by atoms with Crippen molar-refractivity contribution in [1.82, 2.24) is 29.9 Å². The van der Waals surface area contributed by atoms with Gasteiger partial charge in [-0.05, 0) is 39.0 Å². The monoisotopic (exact) mass is 368 g/mol. The Balaban J connectivity index is 2.08. The number of nitrogens with one attached hydrogen (secondary N) is 2. The lowest BCUT2D eigenvalue weighted by atomic mass is 10.1. The van der Waals surface area contributed by atoms with Crippen LogP contribution in [0.4, 0.5) is 4.79 Å². The summed E-state index contributed by atoms with van der Waals surface area (Å²) in [6, 6.07) is 4.43. The molecule has 2 amide bonds. The molecular weight excluding hydrogens is 344 g/mol. The first-order chi connectivity index (χ1) is 11.5. The molecule has 2 N–H and O–H groups in total. The predicted octanol–water partition coefficient (Wildman–Crippen LogP) is 0.779. The van der Waals surface area contributed by atoms with Crippen molar-refractivity contribution in [2.24, 2.45) is 0 Å². The van der Waals surface area contributed by atoms with Crippen molar-refractivity contribution in [3.05, 3.63) is 18.2 Å². The highest BCUT2D eigenvalue weighted by atomic mass is 32.2. The van der Waals surface area contributed by atoms with Crippen LogP contribution in [0.1, 0.15) is 20.8 Å². The van der Waals surface area contributed by atoms with E-state index in [4.69, 9.17) is 0 Å². The molecule has 2 aromatic rings. The Hall–Kier alpha value is -2.20.